The Morgan fingerprint density at radius 3 is 2.50 bits per heavy atom. The van der Waals surface area contributed by atoms with Crippen molar-refractivity contribution in [1.29, 1.82) is 0 Å². The van der Waals surface area contributed by atoms with Crippen molar-refractivity contribution < 1.29 is 4.74 Å². The summed E-state index contributed by atoms with van der Waals surface area (Å²) < 4.78 is 6.67. The van der Waals surface area contributed by atoms with Crippen LogP contribution in [-0.2, 0) is 0 Å². The Kier molecular flexibility index (Phi) is 2.98. The van der Waals surface area contributed by atoms with Crippen molar-refractivity contribution in [3.8, 4) is 11.6 Å². The minimum atomic E-state index is 0.622. The maximum atomic E-state index is 5.59. The Bertz CT molecular complexity index is 417. The molecule has 0 saturated heterocycles. The third kappa shape index (κ3) is 2.23. The van der Waals surface area contributed by atoms with Crippen LogP contribution in [0.3, 0.4) is 0 Å². The van der Waals surface area contributed by atoms with Crippen LogP contribution in [0.4, 0.5) is 0 Å². The number of aromatic nitrogens is 1. The van der Waals surface area contributed by atoms with Gasteiger partial charge in [-0.3, -0.25) is 0 Å². The molecule has 0 N–H and O–H groups in total. The fraction of sp³-hybridized carbons (Fsp3) is 0. The number of para-hydroxylation sites is 1. The molecular weight excluding hydrogens is 289 g/mol. The number of pyridine rings is 1. The van der Waals surface area contributed by atoms with Crippen LogP contribution in [0.15, 0.2) is 48.7 Å². The van der Waals surface area contributed by atoms with Crippen molar-refractivity contribution in [2.45, 2.75) is 0 Å². The molecule has 0 saturated carbocycles. The predicted molar refractivity (Wildman–Crippen MR) is 63.5 cm³/mol. The number of halogens is 1. The first-order chi connectivity index (χ1) is 6.86. The van der Waals surface area contributed by atoms with Crippen molar-refractivity contribution in [3.63, 3.8) is 0 Å². The average Bonchev–Trinajstić information content (AvgIpc) is 2.23. The van der Waals surface area contributed by atoms with E-state index >= 15 is 0 Å². The normalized spacial score (nSPS) is 9.79. The zero-order valence-electron chi connectivity index (χ0n) is 7.35. The number of rotatable bonds is 2. The first-order valence-electron chi connectivity index (χ1n) is 4.20. The Labute approximate surface area is 96.1 Å². The van der Waals surface area contributed by atoms with E-state index in [1.54, 1.807) is 6.20 Å². The fourth-order valence-corrected chi connectivity index (χ4v) is 1.55. The summed E-state index contributed by atoms with van der Waals surface area (Å²) in [5, 5.41) is 0. The average molecular weight is 297 g/mol. The van der Waals surface area contributed by atoms with E-state index in [0.717, 1.165) is 9.32 Å². The predicted octanol–water partition coefficient (Wildman–Crippen LogP) is 3.48. The molecule has 2 rings (SSSR count). The first-order valence-corrected chi connectivity index (χ1v) is 5.27. The zero-order valence-corrected chi connectivity index (χ0v) is 9.51. The SMILES string of the molecule is Ic1ccccc1Oc1ccccn1. The van der Waals surface area contributed by atoms with E-state index in [1.807, 2.05) is 42.5 Å². The van der Waals surface area contributed by atoms with Crippen LogP contribution in [0, 0.1) is 3.57 Å². The van der Waals surface area contributed by atoms with E-state index in [0.29, 0.717) is 5.88 Å². The largest absolute Gasteiger partial charge is 0.438 e. The molecule has 2 nitrogen and oxygen atoms in total. The fourth-order valence-electron chi connectivity index (χ4n) is 1.05. The van der Waals surface area contributed by atoms with Gasteiger partial charge in [-0.1, -0.05) is 18.2 Å². The Morgan fingerprint density at radius 2 is 1.79 bits per heavy atom. The summed E-state index contributed by atoms with van der Waals surface area (Å²) in [6.07, 6.45) is 1.71. The standard InChI is InChI=1S/C11H8INO/c12-9-5-1-2-6-10(9)14-11-7-3-4-8-13-11/h1-8H. The lowest BCUT2D eigenvalue weighted by Gasteiger charge is -2.05. The molecule has 0 fully saturated rings. The molecule has 0 radical (unpaired) electrons. The van der Waals surface area contributed by atoms with Crippen LogP contribution in [-0.4, -0.2) is 4.98 Å². The van der Waals surface area contributed by atoms with E-state index < -0.39 is 0 Å². The van der Waals surface area contributed by atoms with Gasteiger partial charge in [0, 0.05) is 12.3 Å². The van der Waals surface area contributed by atoms with Gasteiger partial charge >= 0.3 is 0 Å². The molecule has 1 heterocycles. The second kappa shape index (κ2) is 4.41. The summed E-state index contributed by atoms with van der Waals surface area (Å²) in [4.78, 5) is 4.09. The first kappa shape index (κ1) is 9.45. The summed E-state index contributed by atoms with van der Waals surface area (Å²) in [7, 11) is 0. The topological polar surface area (TPSA) is 22.1 Å². The van der Waals surface area contributed by atoms with Crippen LogP contribution in [0.5, 0.6) is 11.6 Å². The van der Waals surface area contributed by atoms with Gasteiger partial charge in [-0.15, -0.1) is 0 Å². The summed E-state index contributed by atoms with van der Waals surface area (Å²) >= 11 is 2.23. The molecule has 1 aromatic carbocycles. The van der Waals surface area contributed by atoms with Crippen LogP contribution < -0.4 is 4.74 Å². The van der Waals surface area contributed by atoms with Gasteiger partial charge in [-0.05, 0) is 40.8 Å². The molecule has 0 amide bonds. The highest BCUT2D eigenvalue weighted by atomic mass is 127. The van der Waals surface area contributed by atoms with Crippen LogP contribution in [0.1, 0.15) is 0 Å². The summed E-state index contributed by atoms with van der Waals surface area (Å²) in [6, 6.07) is 13.5. The van der Waals surface area contributed by atoms with E-state index in [4.69, 9.17) is 4.74 Å². The lowest BCUT2D eigenvalue weighted by molar-refractivity contribution is 0.460. The van der Waals surface area contributed by atoms with E-state index in [-0.39, 0.29) is 0 Å². The van der Waals surface area contributed by atoms with Crippen LogP contribution >= 0.6 is 22.6 Å². The molecule has 2 aromatic rings. The number of hydrogen-bond acceptors (Lipinski definition) is 2. The van der Waals surface area contributed by atoms with Gasteiger partial charge in [0.1, 0.15) is 5.75 Å². The highest BCUT2D eigenvalue weighted by molar-refractivity contribution is 14.1. The summed E-state index contributed by atoms with van der Waals surface area (Å²) in [5.74, 6) is 1.46. The lowest BCUT2D eigenvalue weighted by atomic mass is 10.3. The monoisotopic (exact) mass is 297 g/mol. The molecule has 0 bridgehead atoms. The molecule has 0 aliphatic rings. The molecule has 0 unspecified atom stereocenters. The van der Waals surface area contributed by atoms with Gasteiger partial charge in [-0.25, -0.2) is 4.98 Å². The molecule has 3 heteroatoms. The minimum absolute atomic E-state index is 0.622. The smallest absolute Gasteiger partial charge is 0.219 e. The van der Waals surface area contributed by atoms with Crippen LogP contribution in [0.2, 0.25) is 0 Å². The van der Waals surface area contributed by atoms with Crippen molar-refractivity contribution in [2.24, 2.45) is 0 Å². The molecule has 0 aliphatic heterocycles. The van der Waals surface area contributed by atoms with Crippen LogP contribution in [0.25, 0.3) is 0 Å². The number of benzene rings is 1. The Hall–Kier alpha value is -1.10. The lowest BCUT2D eigenvalue weighted by Crippen LogP contribution is -1.88. The van der Waals surface area contributed by atoms with Gasteiger partial charge in [0.2, 0.25) is 5.88 Å². The Morgan fingerprint density at radius 1 is 1.00 bits per heavy atom. The summed E-state index contributed by atoms with van der Waals surface area (Å²) in [5.41, 5.74) is 0. The van der Waals surface area contributed by atoms with Gasteiger partial charge in [-0.2, -0.15) is 0 Å². The molecule has 14 heavy (non-hydrogen) atoms. The van der Waals surface area contributed by atoms with E-state index in [1.165, 1.54) is 0 Å². The van der Waals surface area contributed by atoms with Crippen molar-refractivity contribution in [3.05, 3.63) is 52.2 Å². The number of ether oxygens (including phenoxy) is 1. The molecule has 0 atom stereocenters. The third-order valence-electron chi connectivity index (χ3n) is 1.69. The minimum Gasteiger partial charge on any atom is -0.438 e. The van der Waals surface area contributed by atoms with Crippen molar-refractivity contribution in [1.82, 2.24) is 4.98 Å². The van der Waals surface area contributed by atoms with Crippen molar-refractivity contribution >= 4 is 22.6 Å². The molecule has 0 aliphatic carbocycles. The number of nitrogens with zero attached hydrogens (tertiary/aromatic N) is 1. The third-order valence-corrected chi connectivity index (χ3v) is 2.58. The van der Waals surface area contributed by atoms with E-state index in [9.17, 15) is 0 Å². The quantitative estimate of drug-likeness (QED) is 0.792. The maximum Gasteiger partial charge on any atom is 0.219 e. The highest BCUT2D eigenvalue weighted by Gasteiger charge is 2.00. The van der Waals surface area contributed by atoms with E-state index in [2.05, 4.69) is 27.6 Å². The molecule has 0 spiro atoms. The molecule has 70 valence electrons. The Balaban J connectivity index is 2.24. The number of hydrogen-bond donors (Lipinski definition) is 0. The molecular formula is C11H8INO. The molecule has 1 aromatic heterocycles. The second-order valence-corrected chi connectivity index (χ2v) is 3.86. The van der Waals surface area contributed by atoms with Gasteiger partial charge in [0.25, 0.3) is 0 Å². The van der Waals surface area contributed by atoms with Gasteiger partial charge in [0.05, 0.1) is 3.57 Å². The summed E-state index contributed by atoms with van der Waals surface area (Å²) in [6.45, 7) is 0. The zero-order chi connectivity index (χ0) is 9.80. The van der Waals surface area contributed by atoms with Gasteiger partial charge < -0.3 is 4.74 Å². The second-order valence-electron chi connectivity index (χ2n) is 2.70. The highest BCUT2D eigenvalue weighted by Crippen LogP contribution is 2.24. The maximum absolute atomic E-state index is 5.59. The van der Waals surface area contributed by atoms with Gasteiger partial charge in [0.15, 0.2) is 0 Å². The van der Waals surface area contributed by atoms with Crippen molar-refractivity contribution in [2.75, 3.05) is 0 Å².